The number of carbonyl (C=O) groups is 2. The van der Waals surface area contributed by atoms with Crippen molar-refractivity contribution >= 4 is 33.5 Å². The van der Waals surface area contributed by atoms with E-state index < -0.39 is 12.0 Å². The number of carboxylic acid groups (broad SMARTS) is 1. The van der Waals surface area contributed by atoms with Gasteiger partial charge in [-0.05, 0) is 38.5 Å². The fourth-order valence-electron chi connectivity index (χ4n) is 2.15. The quantitative estimate of drug-likeness (QED) is 0.397. The van der Waals surface area contributed by atoms with Crippen molar-refractivity contribution in [3.63, 3.8) is 0 Å². The fraction of sp³-hybridized carbons (Fsp3) is 0.857. The molecule has 1 saturated heterocycles. The maximum absolute atomic E-state index is 11.6. The van der Waals surface area contributed by atoms with Crippen LogP contribution in [0.1, 0.15) is 51.4 Å². The number of hydrogen-bond donors (Lipinski definition) is 3. The van der Waals surface area contributed by atoms with Gasteiger partial charge in [0.2, 0.25) is 5.91 Å². The Bertz CT molecular complexity index is 323. The van der Waals surface area contributed by atoms with Gasteiger partial charge in [0, 0.05) is 24.0 Å². The third kappa shape index (κ3) is 9.26. The largest absolute Gasteiger partial charge is 0.480 e. The zero-order chi connectivity index (χ0) is 15.5. The highest BCUT2D eigenvalue weighted by Crippen LogP contribution is 2.39. The molecule has 1 aliphatic rings. The first-order chi connectivity index (χ1) is 10.1. The normalized spacial score (nSPS) is 19.4. The van der Waals surface area contributed by atoms with E-state index >= 15 is 0 Å². The predicted molar refractivity (Wildman–Crippen MR) is 89.4 cm³/mol. The first-order valence-corrected chi connectivity index (χ1v) is 10.0. The Hall–Kier alpha value is -0.400. The average Bonchev–Trinajstić information content (AvgIpc) is 2.96. The van der Waals surface area contributed by atoms with Crippen molar-refractivity contribution < 1.29 is 14.7 Å². The van der Waals surface area contributed by atoms with E-state index in [1.807, 2.05) is 21.6 Å². The predicted octanol–water partition coefficient (Wildman–Crippen LogP) is 2.40. The fourth-order valence-corrected chi connectivity index (χ4v) is 5.18. The first kappa shape index (κ1) is 18.6. The summed E-state index contributed by atoms with van der Waals surface area (Å²) >= 11 is 0. The minimum Gasteiger partial charge on any atom is -0.480 e. The molecule has 21 heavy (non-hydrogen) atoms. The van der Waals surface area contributed by atoms with Crippen LogP contribution in [0.2, 0.25) is 0 Å². The summed E-state index contributed by atoms with van der Waals surface area (Å²) in [6.07, 6.45) is 7.17. The van der Waals surface area contributed by atoms with Crippen LogP contribution in [-0.2, 0) is 9.59 Å². The highest BCUT2D eigenvalue weighted by molar-refractivity contribution is 8.77. The average molecular weight is 335 g/mol. The van der Waals surface area contributed by atoms with Crippen LogP contribution in [0.5, 0.6) is 0 Å². The molecule has 5 nitrogen and oxygen atoms in total. The number of carbonyl (C=O) groups excluding carboxylic acids is 1. The van der Waals surface area contributed by atoms with Gasteiger partial charge >= 0.3 is 5.97 Å². The molecule has 7 heteroatoms. The third-order valence-electron chi connectivity index (χ3n) is 3.49. The molecule has 122 valence electrons. The Kier molecular flexibility index (Phi) is 9.95. The molecule has 1 heterocycles. The number of nitrogens with one attached hydrogen (secondary N) is 1. The van der Waals surface area contributed by atoms with Crippen molar-refractivity contribution in [3.05, 3.63) is 0 Å². The summed E-state index contributed by atoms with van der Waals surface area (Å²) in [6, 6.07) is -0.785. The molecule has 2 atom stereocenters. The number of nitrogens with two attached hydrogens (primary N) is 1. The first-order valence-electron chi connectivity index (χ1n) is 7.63. The summed E-state index contributed by atoms with van der Waals surface area (Å²) in [5.41, 5.74) is 5.40. The number of aliphatic carboxylic acids is 1. The van der Waals surface area contributed by atoms with Gasteiger partial charge in [-0.2, -0.15) is 0 Å². The highest BCUT2D eigenvalue weighted by atomic mass is 33.1. The maximum Gasteiger partial charge on any atom is 0.320 e. The molecule has 0 aromatic carbocycles. The molecule has 1 amide bonds. The van der Waals surface area contributed by atoms with Crippen LogP contribution in [0.25, 0.3) is 0 Å². The summed E-state index contributed by atoms with van der Waals surface area (Å²) in [6.45, 7) is 0.611. The molecule has 0 aliphatic carbocycles. The molecule has 0 bridgehead atoms. The van der Waals surface area contributed by atoms with Crippen molar-refractivity contribution in [1.29, 1.82) is 0 Å². The summed E-state index contributed by atoms with van der Waals surface area (Å²) in [5.74, 6) is 0.408. The molecular weight excluding hydrogens is 308 g/mol. The molecule has 1 unspecified atom stereocenters. The number of carboxylic acids is 1. The monoisotopic (exact) mass is 334 g/mol. The van der Waals surface area contributed by atoms with Crippen LogP contribution in [0.15, 0.2) is 0 Å². The molecule has 1 rings (SSSR count). The second-order valence-corrected chi connectivity index (χ2v) is 8.15. The Morgan fingerprint density at radius 1 is 1.29 bits per heavy atom. The Balaban J connectivity index is 1.88. The summed E-state index contributed by atoms with van der Waals surface area (Å²) < 4.78 is 0. The van der Waals surface area contributed by atoms with Gasteiger partial charge in [-0.3, -0.25) is 9.59 Å². The Labute approximate surface area is 134 Å². The lowest BCUT2D eigenvalue weighted by atomic mass is 10.1. The van der Waals surface area contributed by atoms with Crippen molar-refractivity contribution in [2.45, 2.75) is 62.7 Å². The molecule has 1 aliphatic heterocycles. The van der Waals surface area contributed by atoms with E-state index in [0.717, 1.165) is 30.9 Å². The molecule has 0 radical (unpaired) electrons. The van der Waals surface area contributed by atoms with E-state index in [2.05, 4.69) is 5.32 Å². The zero-order valence-electron chi connectivity index (χ0n) is 12.4. The Morgan fingerprint density at radius 2 is 2.10 bits per heavy atom. The molecule has 0 spiro atoms. The van der Waals surface area contributed by atoms with E-state index in [0.29, 0.717) is 19.4 Å². The number of hydrogen-bond acceptors (Lipinski definition) is 5. The van der Waals surface area contributed by atoms with Gasteiger partial charge in [-0.1, -0.05) is 28.0 Å². The van der Waals surface area contributed by atoms with Crippen LogP contribution < -0.4 is 11.1 Å². The molecule has 1 fully saturated rings. The molecular formula is C14H26N2O3S2. The van der Waals surface area contributed by atoms with E-state index in [9.17, 15) is 9.59 Å². The van der Waals surface area contributed by atoms with E-state index in [1.54, 1.807) is 0 Å². The van der Waals surface area contributed by atoms with E-state index in [-0.39, 0.29) is 5.91 Å². The van der Waals surface area contributed by atoms with Gasteiger partial charge in [0.1, 0.15) is 6.04 Å². The van der Waals surface area contributed by atoms with Gasteiger partial charge in [0.15, 0.2) is 0 Å². The second-order valence-electron chi connectivity index (χ2n) is 5.37. The van der Waals surface area contributed by atoms with Crippen LogP contribution in [0.3, 0.4) is 0 Å². The van der Waals surface area contributed by atoms with Crippen LogP contribution in [0.4, 0.5) is 0 Å². The Morgan fingerprint density at radius 3 is 2.76 bits per heavy atom. The molecule has 4 N–H and O–H groups in total. The van der Waals surface area contributed by atoms with Gasteiger partial charge in [-0.15, -0.1) is 0 Å². The van der Waals surface area contributed by atoms with Gasteiger partial charge in [0.25, 0.3) is 0 Å². The smallest absolute Gasteiger partial charge is 0.320 e. The maximum atomic E-state index is 11.6. The van der Waals surface area contributed by atoms with Crippen LogP contribution >= 0.6 is 21.6 Å². The van der Waals surface area contributed by atoms with E-state index in [1.165, 1.54) is 18.6 Å². The summed E-state index contributed by atoms with van der Waals surface area (Å²) in [4.78, 5) is 22.1. The second kappa shape index (κ2) is 11.2. The molecule has 0 aromatic rings. The summed E-state index contributed by atoms with van der Waals surface area (Å²) in [7, 11) is 3.95. The van der Waals surface area contributed by atoms with Crippen molar-refractivity contribution in [1.82, 2.24) is 5.32 Å². The molecule has 0 aromatic heterocycles. The van der Waals surface area contributed by atoms with Crippen molar-refractivity contribution in [2.24, 2.45) is 5.73 Å². The third-order valence-corrected chi connectivity index (χ3v) is 6.50. The topological polar surface area (TPSA) is 92.4 Å². The van der Waals surface area contributed by atoms with Crippen molar-refractivity contribution in [2.75, 3.05) is 12.3 Å². The molecule has 0 saturated carbocycles. The number of rotatable bonds is 11. The zero-order valence-corrected chi connectivity index (χ0v) is 14.0. The minimum absolute atomic E-state index is 0.103. The van der Waals surface area contributed by atoms with Gasteiger partial charge in [-0.25, -0.2) is 0 Å². The van der Waals surface area contributed by atoms with Gasteiger partial charge < -0.3 is 16.2 Å². The summed E-state index contributed by atoms with van der Waals surface area (Å²) in [5, 5.41) is 12.3. The number of unbranched alkanes of at least 4 members (excludes halogenated alkanes) is 2. The van der Waals surface area contributed by atoms with E-state index in [4.69, 9.17) is 10.8 Å². The number of amides is 1. The van der Waals surface area contributed by atoms with Crippen molar-refractivity contribution in [3.8, 4) is 0 Å². The minimum atomic E-state index is -0.960. The van der Waals surface area contributed by atoms with Crippen LogP contribution in [-0.4, -0.2) is 40.6 Å². The lowest BCUT2D eigenvalue weighted by molar-refractivity contribution is -0.138. The highest BCUT2D eigenvalue weighted by Gasteiger charge is 2.15. The lowest BCUT2D eigenvalue weighted by Gasteiger charge is -2.08. The standard InChI is InChI=1S/C14H26N2O3S2/c15-12(14(18)19)6-3-4-9-16-13(17)7-2-1-5-11-8-10-20-21-11/h11-12H,1-10,15H2,(H,16,17)(H,18,19)/t11?,12-/m0/s1. The van der Waals surface area contributed by atoms with Gasteiger partial charge in [0.05, 0.1) is 0 Å². The lowest BCUT2D eigenvalue weighted by Crippen LogP contribution is -2.30. The van der Waals surface area contributed by atoms with Crippen LogP contribution in [0, 0.1) is 0 Å². The SMILES string of the molecule is N[C@@H](CCCCNC(=O)CCCCC1CCSS1)C(=O)O.